The number of aryl methyl sites for hydroxylation is 1. The number of benzene rings is 1. The highest BCUT2D eigenvalue weighted by Crippen LogP contribution is 2.34. The van der Waals surface area contributed by atoms with E-state index in [1.807, 2.05) is 0 Å². The van der Waals surface area contributed by atoms with Crippen LogP contribution in [0.15, 0.2) is 29.6 Å². The molecule has 0 amide bonds. The SMILES string of the molecule is COC(=O)c1c(O)cc(C)c(Cl)c1CC1=CC(=O)C=C(OC)C1=O. The largest absolute Gasteiger partial charge is 0.507 e. The standard InChI is InChI=1S/C17H15ClO6/c1-8-4-12(20)14(17(22)24-3)11(15(8)18)6-9-5-10(19)7-13(23-2)16(9)21/h4-5,7,20H,6H2,1-3H3. The first kappa shape index (κ1) is 17.7. The minimum atomic E-state index is -0.790. The molecule has 0 saturated carbocycles. The summed E-state index contributed by atoms with van der Waals surface area (Å²) in [4.78, 5) is 36.0. The minimum absolute atomic E-state index is 0.0925. The lowest BCUT2D eigenvalue weighted by molar-refractivity contribution is -0.117. The number of hydrogen-bond donors (Lipinski definition) is 1. The van der Waals surface area contributed by atoms with Crippen molar-refractivity contribution in [2.45, 2.75) is 13.3 Å². The van der Waals surface area contributed by atoms with Gasteiger partial charge >= 0.3 is 5.97 Å². The summed E-state index contributed by atoms with van der Waals surface area (Å²) in [7, 11) is 2.45. The lowest BCUT2D eigenvalue weighted by Crippen LogP contribution is -2.18. The number of carbonyl (C=O) groups excluding carboxylic acids is 3. The second-order valence-corrected chi connectivity index (χ2v) is 5.54. The number of Topliss-reactive ketones (excluding diaryl/α,β-unsaturated/α-hetero) is 1. The van der Waals surface area contributed by atoms with Gasteiger partial charge in [0.25, 0.3) is 0 Å². The van der Waals surface area contributed by atoms with Gasteiger partial charge in [0.05, 0.1) is 14.2 Å². The fourth-order valence-electron chi connectivity index (χ4n) is 2.44. The number of rotatable bonds is 4. The summed E-state index contributed by atoms with van der Waals surface area (Å²) >= 11 is 6.26. The number of esters is 1. The molecule has 7 heteroatoms. The molecule has 0 unspecified atom stereocenters. The van der Waals surface area contributed by atoms with Crippen LogP contribution in [0, 0.1) is 6.92 Å². The van der Waals surface area contributed by atoms with Gasteiger partial charge in [-0.15, -0.1) is 0 Å². The van der Waals surface area contributed by atoms with Crippen molar-refractivity contribution in [3.05, 3.63) is 51.3 Å². The van der Waals surface area contributed by atoms with Gasteiger partial charge in [0, 0.05) is 23.1 Å². The zero-order chi connectivity index (χ0) is 18.0. The highest BCUT2D eigenvalue weighted by molar-refractivity contribution is 6.33. The Morgan fingerprint density at radius 2 is 1.92 bits per heavy atom. The lowest BCUT2D eigenvalue weighted by atomic mass is 9.91. The fourth-order valence-corrected chi connectivity index (χ4v) is 2.66. The van der Waals surface area contributed by atoms with E-state index >= 15 is 0 Å². The molecule has 1 aliphatic rings. The monoisotopic (exact) mass is 350 g/mol. The van der Waals surface area contributed by atoms with Crippen LogP contribution in [0.4, 0.5) is 0 Å². The van der Waals surface area contributed by atoms with E-state index in [0.717, 1.165) is 12.2 Å². The summed E-state index contributed by atoms with van der Waals surface area (Å²) in [5, 5.41) is 10.3. The van der Waals surface area contributed by atoms with Crippen LogP contribution in [0.5, 0.6) is 5.75 Å². The second-order valence-electron chi connectivity index (χ2n) is 5.16. The Balaban J connectivity index is 2.56. The smallest absolute Gasteiger partial charge is 0.341 e. The first-order chi connectivity index (χ1) is 11.3. The third-order valence-electron chi connectivity index (χ3n) is 3.60. The number of carbonyl (C=O) groups is 3. The van der Waals surface area contributed by atoms with Crippen molar-refractivity contribution in [3.8, 4) is 5.75 Å². The second kappa shape index (κ2) is 6.88. The van der Waals surface area contributed by atoms with Gasteiger partial charge in [0.2, 0.25) is 5.78 Å². The van der Waals surface area contributed by atoms with Crippen molar-refractivity contribution < 1.29 is 29.0 Å². The minimum Gasteiger partial charge on any atom is -0.507 e. The zero-order valence-electron chi connectivity index (χ0n) is 13.3. The molecule has 1 aromatic rings. The van der Waals surface area contributed by atoms with E-state index in [4.69, 9.17) is 16.3 Å². The maximum absolute atomic E-state index is 12.3. The lowest BCUT2D eigenvalue weighted by Gasteiger charge is -2.17. The normalized spacial score (nSPS) is 14.2. The van der Waals surface area contributed by atoms with E-state index in [1.165, 1.54) is 20.3 Å². The summed E-state index contributed by atoms with van der Waals surface area (Å²) in [6.45, 7) is 1.65. The predicted molar refractivity (Wildman–Crippen MR) is 86.1 cm³/mol. The van der Waals surface area contributed by atoms with Crippen LogP contribution in [-0.2, 0) is 25.5 Å². The maximum atomic E-state index is 12.3. The Labute approximate surface area is 143 Å². The van der Waals surface area contributed by atoms with Crippen molar-refractivity contribution in [1.82, 2.24) is 0 Å². The summed E-state index contributed by atoms with van der Waals surface area (Å²) in [6.07, 6.45) is 2.12. The van der Waals surface area contributed by atoms with Crippen LogP contribution in [0.3, 0.4) is 0 Å². The highest BCUT2D eigenvalue weighted by Gasteiger charge is 2.27. The molecule has 0 spiro atoms. The Hall–Kier alpha value is -2.60. The van der Waals surface area contributed by atoms with Gasteiger partial charge in [0.15, 0.2) is 11.5 Å². The van der Waals surface area contributed by atoms with E-state index in [0.29, 0.717) is 5.56 Å². The number of halogens is 1. The summed E-state index contributed by atoms with van der Waals surface area (Å²) in [5.74, 6) is -2.08. The van der Waals surface area contributed by atoms with Crippen LogP contribution in [0.25, 0.3) is 0 Å². The van der Waals surface area contributed by atoms with E-state index in [2.05, 4.69) is 4.74 Å². The molecule has 1 N–H and O–H groups in total. The molecular formula is C17H15ClO6. The number of phenolic OH excluding ortho intramolecular Hbond substituents is 1. The van der Waals surface area contributed by atoms with Crippen LogP contribution in [-0.4, -0.2) is 36.9 Å². The molecule has 1 aromatic carbocycles. The van der Waals surface area contributed by atoms with E-state index in [9.17, 15) is 19.5 Å². The van der Waals surface area contributed by atoms with Gasteiger partial charge in [-0.2, -0.15) is 0 Å². The maximum Gasteiger partial charge on any atom is 0.341 e. The summed E-state index contributed by atoms with van der Waals surface area (Å²) in [6, 6.07) is 1.33. The number of phenols is 1. The molecule has 0 bridgehead atoms. The van der Waals surface area contributed by atoms with Crippen LogP contribution < -0.4 is 0 Å². The molecule has 0 saturated heterocycles. The Morgan fingerprint density at radius 1 is 1.25 bits per heavy atom. The van der Waals surface area contributed by atoms with Gasteiger partial charge in [-0.05, 0) is 30.2 Å². The van der Waals surface area contributed by atoms with E-state index in [1.54, 1.807) is 6.92 Å². The molecular weight excluding hydrogens is 336 g/mol. The third-order valence-corrected chi connectivity index (χ3v) is 4.13. The number of ketones is 2. The van der Waals surface area contributed by atoms with Gasteiger partial charge in [-0.1, -0.05) is 11.6 Å². The highest BCUT2D eigenvalue weighted by atomic mass is 35.5. The van der Waals surface area contributed by atoms with E-state index in [-0.39, 0.29) is 39.7 Å². The van der Waals surface area contributed by atoms with Crippen molar-refractivity contribution in [2.75, 3.05) is 14.2 Å². The van der Waals surface area contributed by atoms with E-state index < -0.39 is 17.5 Å². The number of allylic oxidation sites excluding steroid dienone is 3. The van der Waals surface area contributed by atoms with Crippen molar-refractivity contribution in [1.29, 1.82) is 0 Å². The molecule has 0 fully saturated rings. The topological polar surface area (TPSA) is 89.9 Å². The summed E-state index contributed by atoms with van der Waals surface area (Å²) in [5.41, 5.74) is 0.708. The van der Waals surface area contributed by atoms with Gasteiger partial charge in [0.1, 0.15) is 11.3 Å². The zero-order valence-corrected chi connectivity index (χ0v) is 14.1. The fraction of sp³-hybridized carbons (Fsp3) is 0.235. The molecule has 0 aliphatic heterocycles. The van der Waals surface area contributed by atoms with Gasteiger partial charge < -0.3 is 14.6 Å². The molecule has 1 aliphatic carbocycles. The number of methoxy groups -OCH3 is 2. The molecule has 2 rings (SSSR count). The van der Waals surface area contributed by atoms with Gasteiger partial charge in [-0.25, -0.2) is 4.79 Å². The van der Waals surface area contributed by atoms with Gasteiger partial charge in [-0.3, -0.25) is 9.59 Å². The quantitative estimate of drug-likeness (QED) is 0.662. The Morgan fingerprint density at radius 3 is 2.50 bits per heavy atom. The summed E-state index contributed by atoms with van der Waals surface area (Å²) < 4.78 is 9.56. The number of aromatic hydroxyl groups is 1. The average Bonchev–Trinajstić information content (AvgIpc) is 2.54. The molecule has 126 valence electrons. The van der Waals surface area contributed by atoms with Crippen molar-refractivity contribution >= 4 is 29.1 Å². The third kappa shape index (κ3) is 3.19. The molecule has 24 heavy (non-hydrogen) atoms. The number of ether oxygens (including phenoxy) is 2. The van der Waals surface area contributed by atoms with Crippen molar-refractivity contribution in [3.63, 3.8) is 0 Å². The van der Waals surface area contributed by atoms with Crippen LogP contribution >= 0.6 is 11.6 Å². The van der Waals surface area contributed by atoms with Crippen molar-refractivity contribution in [2.24, 2.45) is 0 Å². The Bertz CT molecular complexity index is 804. The first-order valence-electron chi connectivity index (χ1n) is 6.94. The molecule has 0 atom stereocenters. The predicted octanol–water partition coefficient (Wildman–Crippen LogP) is 2.29. The molecule has 6 nitrogen and oxygen atoms in total. The molecule has 0 heterocycles. The molecule has 0 radical (unpaired) electrons. The number of hydrogen-bond acceptors (Lipinski definition) is 6. The van der Waals surface area contributed by atoms with Crippen LogP contribution in [0.2, 0.25) is 5.02 Å². The molecule has 0 aromatic heterocycles. The van der Waals surface area contributed by atoms with Crippen LogP contribution in [0.1, 0.15) is 21.5 Å². The first-order valence-corrected chi connectivity index (χ1v) is 7.32. The Kier molecular flexibility index (Phi) is 5.09. The average molecular weight is 351 g/mol.